The molecule has 214 valence electrons. The third-order valence-corrected chi connectivity index (χ3v) is 9.78. The van der Waals surface area contributed by atoms with Crippen LogP contribution in [0.15, 0.2) is 30.3 Å². The second-order valence-corrected chi connectivity index (χ2v) is 13.0. The molecule has 3 heterocycles. The van der Waals surface area contributed by atoms with Crippen molar-refractivity contribution < 1.29 is 27.8 Å². The van der Waals surface area contributed by atoms with Gasteiger partial charge >= 0.3 is 0 Å². The molecule has 2 aliphatic rings. The van der Waals surface area contributed by atoms with Crippen LogP contribution in [0.25, 0.3) is 11.3 Å². The van der Waals surface area contributed by atoms with E-state index in [0.717, 1.165) is 42.4 Å². The molecule has 5 rings (SSSR count). The van der Waals surface area contributed by atoms with Crippen molar-refractivity contribution in [2.24, 2.45) is 0 Å². The van der Waals surface area contributed by atoms with Gasteiger partial charge in [-0.15, -0.1) is 0 Å². The van der Waals surface area contributed by atoms with Gasteiger partial charge in [-0.3, -0.25) is 9.89 Å². The number of hydrogen-bond acceptors (Lipinski definition) is 7. The van der Waals surface area contributed by atoms with Gasteiger partial charge in [0.1, 0.15) is 17.1 Å². The van der Waals surface area contributed by atoms with Gasteiger partial charge in [0.05, 0.1) is 31.3 Å². The SMILES string of the molecule is CCCCCCOc1ccc(C2c3c(-c4cc(C)c(C)cc4O)n[nH]c3C(=O)N2C2CCS(=O)(=O)C2)cc1OC. The number of nitrogens with zero attached hydrogens (tertiary/aromatic N) is 2. The number of H-pyrrole nitrogens is 1. The zero-order chi connectivity index (χ0) is 28.6. The molecule has 0 bridgehead atoms. The first-order valence-corrected chi connectivity index (χ1v) is 15.7. The van der Waals surface area contributed by atoms with E-state index in [9.17, 15) is 18.3 Å². The second-order valence-electron chi connectivity index (χ2n) is 10.8. The number of aromatic amines is 1. The highest BCUT2D eigenvalue weighted by Gasteiger charge is 2.48. The molecular formula is C30H37N3O6S. The number of phenolic OH excluding ortho intramolecular Hbond substituents is 1. The molecule has 1 fully saturated rings. The van der Waals surface area contributed by atoms with Crippen molar-refractivity contribution in [1.29, 1.82) is 0 Å². The molecule has 0 saturated carbocycles. The van der Waals surface area contributed by atoms with Gasteiger partial charge < -0.3 is 19.5 Å². The lowest BCUT2D eigenvalue weighted by molar-refractivity contribution is 0.0677. The minimum atomic E-state index is -3.25. The summed E-state index contributed by atoms with van der Waals surface area (Å²) in [5, 5.41) is 18.2. The van der Waals surface area contributed by atoms with Crippen LogP contribution in [0.4, 0.5) is 0 Å². The standard InChI is InChI=1S/C30H37N3O6S/c1-5-6-7-8-12-39-24-10-9-20(16-25(24)38-4)29-26-27(22-14-18(2)19(3)15-23(22)34)31-32-28(26)30(35)33(29)21-11-13-40(36,37)17-21/h9-10,14-16,21,29,34H,5-8,11-13,17H2,1-4H3,(H,31,32). The number of rotatable bonds is 10. The number of unbranched alkanes of at least 4 members (excludes halogenated alkanes) is 3. The Labute approximate surface area is 235 Å². The van der Waals surface area contributed by atoms with Crippen LogP contribution in [0.3, 0.4) is 0 Å². The lowest BCUT2D eigenvalue weighted by Gasteiger charge is -2.31. The number of carbonyl (C=O) groups is 1. The average molecular weight is 568 g/mol. The van der Waals surface area contributed by atoms with Crippen molar-refractivity contribution in [3.05, 3.63) is 58.3 Å². The highest BCUT2D eigenvalue weighted by Crippen LogP contribution is 2.48. The molecule has 0 spiro atoms. The van der Waals surface area contributed by atoms with Crippen LogP contribution in [0.5, 0.6) is 17.2 Å². The topological polar surface area (TPSA) is 122 Å². The largest absolute Gasteiger partial charge is 0.507 e. The zero-order valence-electron chi connectivity index (χ0n) is 23.5. The number of benzene rings is 2. The maximum absolute atomic E-state index is 13.8. The molecule has 2 aromatic carbocycles. The molecule has 2 N–H and O–H groups in total. The number of ether oxygens (including phenoxy) is 2. The van der Waals surface area contributed by atoms with Crippen molar-refractivity contribution in [1.82, 2.24) is 15.1 Å². The van der Waals surface area contributed by atoms with Gasteiger partial charge in [0.2, 0.25) is 0 Å². The van der Waals surface area contributed by atoms with Crippen LogP contribution < -0.4 is 9.47 Å². The van der Waals surface area contributed by atoms with Crippen LogP contribution in [-0.4, -0.2) is 65.8 Å². The van der Waals surface area contributed by atoms with Gasteiger partial charge in [-0.25, -0.2) is 8.42 Å². The van der Waals surface area contributed by atoms with Crippen LogP contribution in [0, 0.1) is 13.8 Å². The normalized spacial score (nSPS) is 19.7. The lowest BCUT2D eigenvalue weighted by Crippen LogP contribution is -2.40. The molecule has 40 heavy (non-hydrogen) atoms. The fourth-order valence-corrected chi connectivity index (χ4v) is 7.46. The molecule has 9 nitrogen and oxygen atoms in total. The molecule has 0 radical (unpaired) electrons. The Balaban J connectivity index is 1.59. The quantitative estimate of drug-likeness (QED) is 0.327. The number of carbonyl (C=O) groups excluding carboxylic acids is 1. The highest BCUT2D eigenvalue weighted by molar-refractivity contribution is 7.91. The number of phenols is 1. The van der Waals surface area contributed by atoms with Crippen molar-refractivity contribution >= 4 is 15.7 Å². The third kappa shape index (κ3) is 5.16. The number of aromatic hydroxyl groups is 1. The Morgan fingerprint density at radius 2 is 1.88 bits per heavy atom. The number of sulfone groups is 1. The summed E-state index contributed by atoms with van der Waals surface area (Å²) in [6.07, 6.45) is 4.71. The summed E-state index contributed by atoms with van der Waals surface area (Å²) in [4.78, 5) is 15.5. The molecular weight excluding hydrogens is 530 g/mol. The minimum absolute atomic E-state index is 0.0410. The maximum Gasteiger partial charge on any atom is 0.273 e. The Morgan fingerprint density at radius 3 is 2.58 bits per heavy atom. The smallest absolute Gasteiger partial charge is 0.273 e. The minimum Gasteiger partial charge on any atom is -0.507 e. The van der Waals surface area contributed by atoms with Gasteiger partial charge in [-0.2, -0.15) is 5.10 Å². The number of aryl methyl sites for hydroxylation is 2. The maximum atomic E-state index is 13.8. The Kier molecular flexibility index (Phi) is 7.81. The summed E-state index contributed by atoms with van der Waals surface area (Å²) in [7, 11) is -1.68. The number of aromatic nitrogens is 2. The van der Waals surface area contributed by atoms with E-state index < -0.39 is 21.9 Å². The van der Waals surface area contributed by atoms with Crippen molar-refractivity contribution in [3.8, 4) is 28.5 Å². The lowest BCUT2D eigenvalue weighted by atomic mass is 9.93. The van der Waals surface area contributed by atoms with Crippen LogP contribution in [0.2, 0.25) is 0 Å². The van der Waals surface area contributed by atoms with E-state index in [1.807, 2.05) is 38.1 Å². The van der Waals surface area contributed by atoms with Crippen LogP contribution >= 0.6 is 0 Å². The molecule has 1 aromatic heterocycles. The van der Waals surface area contributed by atoms with E-state index in [0.29, 0.717) is 47.0 Å². The number of nitrogens with one attached hydrogen (secondary N) is 1. The van der Waals surface area contributed by atoms with E-state index in [2.05, 4.69) is 17.1 Å². The Morgan fingerprint density at radius 1 is 1.10 bits per heavy atom. The van der Waals surface area contributed by atoms with E-state index in [-0.39, 0.29) is 23.2 Å². The van der Waals surface area contributed by atoms with Gasteiger partial charge in [0, 0.05) is 17.2 Å². The van der Waals surface area contributed by atoms with Crippen LogP contribution in [0.1, 0.15) is 77.8 Å². The second kappa shape index (κ2) is 11.2. The predicted octanol–water partition coefficient (Wildman–Crippen LogP) is 5.10. The number of amides is 1. The molecule has 1 saturated heterocycles. The van der Waals surface area contributed by atoms with E-state index >= 15 is 0 Å². The molecule has 0 aliphatic carbocycles. The highest BCUT2D eigenvalue weighted by atomic mass is 32.2. The van der Waals surface area contributed by atoms with Gasteiger partial charge in [-0.1, -0.05) is 32.3 Å². The summed E-state index contributed by atoms with van der Waals surface area (Å²) in [5.41, 5.74) is 4.56. The molecule has 2 unspecified atom stereocenters. The number of methoxy groups -OCH3 is 1. The number of hydrogen-bond donors (Lipinski definition) is 2. The van der Waals surface area contributed by atoms with E-state index in [4.69, 9.17) is 9.47 Å². The first-order valence-electron chi connectivity index (χ1n) is 13.9. The first-order chi connectivity index (χ1) is 19.1. The summed E-state index contributed by atoms with van der Waals surface area (Å²) >= 11 is 0. The molecule has 1 amide bonds. The average Bonchev–Trinajstić information content (AvgIpc) is 3.59. The molecule has 3 aromatic rings. The zero-order valence-corrected chi connectivity index (χ0v) is 24.3. The summed E-state index contributed by atoms with van der Waals surface area (Å²) in [5.74, 6) is 0.856. The van der Waals surface area contributed by atoms with Crippen molar-refractivity contribution in [2.45, 2.75) is 65.0 Å². The van der Waals surface area contributed by atoms with Crippen molar-refractivity contribution in [3.63, 3.8) is 0 Å². The first kappa shape index (κ1) is 28.0. The third-order valence-electron chi connectivity index (χ3n) is 8.03. The molecule has 2 atom stereocenters. The summed E-state index contributed by atoms with van der Waals surface area (Å²) < 4.78 is 36.6. The monoisotopic (exact) mass is 567 g/mol. The van der Waals surface area contributed by atoms with E-state index in [1.165, 1.54) is 0 Å². The van der Waals surface area contributed by atoms with Gasteiger partial charge in [0.25, 0.3) is 5.91 Å². The van der Waals surface area contributed by atoms with Crippen LogP contribution in [-0.2, 0) is 9.84 Å². The fourth-order valence-electron chi connectivity index (χ4n) is 5.74. The fraction of sp³-hybridized carbons (Fsp3) is 0.467. The predicted molar refractivity (Wildman–Crippen MR) is 153 cm³/mol. The van der Waals surface area contributed by atoms with E-state index in [1.54, 1.807) is 18.1 Å². The summed E-state index contributed by atoms with van der Waals surface area (Å²) in [6.45, 7) is 6.61. The Bertz CT molecular complexity index is 1530. The van der Waals surface area contributed by atoms with Crippen molar-refractivity contribution in [2.75, 3.05) is 25.2 Å². The number of fused-ring (bicyclic) bond motifs is 1. The molecule has 2 aliphatic heterocycles. The summed E-state index contributed by atoms with van der Waals surface area (Å²) in [6, 6.07) is 8.03. The van der Waals surface area contributed by atoms with Gasteiger partial charge in [-0.05, 0) is 67.6 Å². The Hall–Kier alpha value is -3.53. The van der Waals surface area contributed by atoms with Gasteiger partial charge in [0.15, 0.2) is 21.3 Å². The molecule has 10 heteroatoms.